The lowest BCUT2D eigenvalue weighted by Crippen LogP contribution is -2.33. The van der Waals surface area contributed by atoms with Crippen LogP contribution >= 0.6 is 0 Å². The summed E-state index contributed by atoms with van der Waals surface area (Å²) in [5, 5.41) is 9.88. The van der Waals surface area contributed by atoms with Crippen LogP contribution in [0.1, 0.15) is 24.6 Å². The average molecular weight is 259 g/mol. The third-order valence-corrected chi connectivity index (χ3v) is 3.84. The van der Waals surface area contributed by atoms with E-state index in [1.807, 2.05) is 30.5 Å². The van der Waals surface area contributed by atoms with Crippen molar-refractivity contribution < 1.29 is 5.11 Å². The van der Waals surface area contributed by atoms with E-state index >= 15 is 0 Å². The number of benzene rings is 1. The van der Waals surface area contributed by atoms with Gasteiger partial charge in [-0.1, -0.05) is 6.92 Å². The third kappa shape index (κ3) is 2.58. The molecule has 0 saturated carbocycles. The fourth-order valence-corrected chi connectivity index (χ4v) is 2.47. The van der Waals surface area contributed by atoms with Crippen molar-refractivity contribution in [3.63, 3.8) is 0 Å². The number of nitrogens with one attached hydrogen (secondary N) is 1. The molecule has 0 amide bonds. The molecule has 1 atom stereocenters. The maximum absolute atomic E-state index is 9.88. The Hall–Kier alpha value is -1.94. The Balaban J connectivity index is 2.39. The Morgan fingerprint density at radius 1 is 1.26 bits per heavy atom. The molecule has 0 saturated heterocycles. The van der Waals surface area contributed by atoms with Gasteiger partial charge < -0.3 is 21.6 Å². The Labute approximate surface area is 113 Å². The minimum absolute atomic E-state index is 0.0677. The Bertz CT molecular complexity index is 530. The summed E-state index contributed by atoms with van der Waals surface area (Å²) in [6, 6.07) is 9.44. The number of aromatic amines is 1. The van der Waals surface area contributed by atoms with Crippen LogP contribution in [0.2, 0.25) is 0 Å². The van der Waals surface area contributed by atoms with E-state index in [9.17, 15) is 5.11 Å². The molecule has 0 radical (unpaired) electrons. The number of aromatic nitrogens is 1. The van der Waals surface area contributed by atoms with Gasteiger partial charge >= 0.3 is 0 Å². The molecule has 6 N–H and O–H groups in total. The van der Waals surface area contributed by atoms with Gasteiger partial charge in [-0.3, -0.25) is 0 Å². The van der Waals surface area contributed by atoms with E-state index < -0.39 is 0 Å². The maximum atomic E-state index is 9.88. The van der Waals surface area contributed by atoms with E-state index in [0.29, 0.717) is 17.8 Å². The summed E-state index contributed by atoms with van der Waals surface area (Å²) in [7, 11) is 0. The molecular weight excluding hydrogens is 238 g/mol. The van der Waals surface area contributed by atoms with E-state index in [2.05, 4.69) is 11.9 Å². The molecule has 102 valence electrons. The van der Waals surface area contributed by atoms with Gasteiger partial charge in [0.05, 0.1) is 6.61 Å². The molecule has 0 aliphatic heterocycles. The van der Waals surface area contributed by atoms with Gasteiger partial charge in [0, 0.05) is 28.7 Å². The van der Waals surface area contributed by atoms with Gasteiger partial charge in [-0.15, -0.1) is 0 Å². The van der Waals surface area contributed by atoms with Gasteiger partial charge in [-0.05, 0) is 48.7 Å². The quantitative estimate of drug-likeness (QED) is 0.620. The molecule has 1 heterocycles. The van der Waals surface area contributed by atoms with Gasteiger partial charge in [0.2, 0.25) is 0 Å². The fourth-order valence-electron chi connectivity index (χ4n) is 2.47. The van der Waals surface area contributed by atoms with Crippen LogP contribution in [0.5, 0.6) is 0 Å². The first-order chi connectivity index (χ1) is 9.11. The van der Waals surface area contributed by atoms with Gasteiger partial charge in [0.1, 0.15) is 0 Å². The molecule has 1 unspecified atom stereocenters. The Morgan fingerprint density at radius 3 is 2.63 bits per heavy atom. The van der Waals surface area contributed by atoms with Crippen molar-refractivity contribution in [3.05, 3.63) is 47.8 Å². The highest BCUT2D eigenvalue weighted by Gasteiger charge is 2.31. The molecule has 4 heteroatoms. The number of nitrogens with two attached hydrogens (primary N) is 2. The van der Waals surface area contributed by atoms with E-state index in [1.54, 1.807) is 6.07 Å². The minimum atomic E-state index is -0.342. The normalized spacial score (nSPS) is 14.2. The zero-order valence-corrected chi connectivity index (χ0v) is 11.2. The summed E-state index contributed by atoms with van der Waals surface area (Å²) in [6.45, 7) is 2.14. The monoisotopic (exact) mass is 259 g/mol. The van der Waals surface area contributed by atoms with Crippen LogP contribution in [0.3, 0.4) is 0 Å². The van der Waals surface area contributed by atoms with Crippen LogP contribution in [-0.4, -0.2) is 16.7 Å². The SMILES string of the molecule is CCC(CO)(Cc1cc(N)ccc1N)c1ccc[nH]1. The average Bonchev–Trinajstić information content (AvgIpc) is 2.94. The second-order valence-electron chi connectivity index (χ2n) is 5.01. The molecule has 1 aromatic carbocycles. The molecule has 0 bridgehead atoms. The number of nitrogen functional groups attached to an aromatic ring is 2. The van der Waals surface area contributed by atoms with Crippen molar-refractivity contribution in [2.24, 2.45) is 0 Å². The van der Waals surface area contributed by atoms with Crippen LogP contribution in [-0.2, 0) is 11.8 Å². The number of hydrogen-bond donors (Lipinski definition) is 4. The molecule has 1 aromatic heterocycles. The predicted octanol–water partition coefficient (Wildman–Crippen LogP) is 2.06. The highest BCUT2D eigenvalue weighted by molar-refractivity contribution is 5.56. The lowest BCUT2D eigenvalue weighted by atomic mass is 9.77. The highest BCUT2D eigenvalue weighted by Crippen LogP contribution is 2.33. The summed E-state index contributed by atoms with van der Waals surface area (Å²) in [5.41, 5.74) is 14.9. The standard InChI is InChI=1S/C15H21N3O/c1-2-15(10-19,14-4-3-7-18-14)9-11-8-12(16)5-6-13(11)17/h3-8,18-19H,2,9-10,16-17H2,1H3. The van der Waals surface area contributed by atoms with Gasteiger partial charge in [0.15, 0.2) is 0 Å². The minimum Gasteiger partial charge on any atom is -0.399 e. The molecule has 2 rings (SSSR count). The molecule has 2 aromatic rings. The number of hydrogen-bond acceptors (Lipinski definition) is 3. The predicted molar refractivity (Wildman–Crippen MR) is 78.8 cm³/mol. The first-order valence-corrected chi connectivity index (χ1v) is 6.50. The summed E-state index contributed by atoms with van der Waals surface area (Å²) >= 11 is 0. The first kappa shape index (κ1) is 13.5. The van der Waals surface area contributed by atoms with Crippen molar-refractivity contribution in [3.8, 4) is 0 Å². The summed E-state index contributed by atoms with van der Waals surface area (Å²) in [4.78, 5) is 3.20. The molecule has 0 aliphatic rings. The van der Waals surface area contributed by atoms with Crippen LogP contribution in [0, 0.1) is 0 Å². The van der Waals surface area contributed by atoms with Crippen molar-refractivity contribution in [1.29, 1.82) is 0 Å². The summed E-state index contributed by atoms with van der Waals surface area (Å²) in [6.07, 6.45) is 3.35. The second kappa shape index (κ2) is 5.36. The van der Waals surface area contributed by atoms with Crippen molar-refractivity contribution in [2.75, 3.05) is 18.1 Å². The van der Waals surface area contributed by atoms with Crippen LogP contribution in [0.4, 0.5) is 11.4 Å². The number of rotatable bonds is 5. The first-order valence-electron chi connectivity index (χ1n) is 6.50. The second-order valence-corrected chi connectivity index (χ2v) is 5.01. The largest absolute Gasteiger partial charge is 0.399 e. The summed E-state index contributed by atoms with van der Waals surface area (Å²) in [5.74, 6) is 0. The Morgan fingerprint density at radius 2 is 2.05 bits per heavy atom. The van der Waals surface area contributed by atoms with E-state index in [4.69, 9.17) is 11.5 Å². The van der Waals surface area contributed by atoms with Crippen LogP contribution in [0.25, 0.3) is 0 Å². The van der Waals surface area contributed by atoms with Gasteiger partial charge in [-0.25, -0.2) is 0 Å². The zero-order valence-electron chi connectivity index (χ0n) is 11.2. The van der Waals surface area contributed by atoms with E-state index in [1.165, 1.54) is 0 Å². The maximum Gasteiger partial charge on any atom is 0.0545 e. The number of aliphatic hydroxyl groups excluding tert-OH is 1. The lowest BCUT2D eigenvalue weighted by Gasteiger charge is -2.30. The smallest absolute Gasteiger partial charge is 0.0545 e. The van der Waals surface area contributed by atoms with Crippen molar-refractivity contribution in [1.82, 2.24) is 4.98 Å². The topological polar surface area (TPSA) is 88.1 Å². The number of H-pyrrole nitrogens is 1. The zero-order chi connectivity index (χ0) is 13.9. The summed E-state index contributed by atoms with van der Waals surface area (Å²) < 4.78 is 0. The Kier molecular flexibility index (Phi) is 3.81. The van der Waals surface area contributed by atoms with Gasteiger partial charge in [0.25, 0.3) is 0 Å². The van der Waals surface area contributed by atoms with Crippen LogP contribution in [0.15, 0.2) is 36.5 Å². The third-order valence-electron chi connectivity index (χ3n) is 3.84. The molecule has 0 spiro atoms. The van der Waals surface area contributed by atoms with Crippen molar-refractivity contribution in [2.45, 2.75) is 25.2 Å². The molecule has 0 fully saturated rings. The lowest BCUT2D eigenvalue weighted by molar-refractivity contribution is 0.183. The highest BCUT2D eigenvalue weighted by atomic mass is 16.3. The fraction of sp³-hybridized carbons (Fsp3) is 0.333. The number of aliphatic hydroxyl groups is 1. The number of anilines is 2. The van der Waals surface area contributed by atoms with Crippen molar-refractivity contribution >= 4 is 11.4 Å². The molecule has 19 heavy (non-hydrogen) atoms. The van der Waals surface area contributed by atoms with E-state index in [0.717, 1.165) is 17.7 Å². The molecule has 0 aliphatic carbocycles. The van der Waals surface area contributed by atoms with Gasteiger partial charge in [-0.2, -0.15) is 0 Å². The van der Waals surface area contributed by atoms with Crippen LogP contribution < -0.4 is 11.5 Å². The van der Waals surface area contributed by atoms with E-state index in [-0.39, 0.29) is 12.0 Å². The molecular formula is C15H21N3O. The molecule has 4 nitrogen and oxygen atoms in total.